The Balaban J connectivity index is 0.000000686. The predicted molar refractivity (Wildman–Crippen MR) is 73.3 cm³/mol. The molecule has 86 valence electrons. The molecule has 0 aliphatic rings. The summed E-state index contributed by atoms with van der Waals surface area (Å²) >= 11 is 0.241. The van der Waals surface area contributed by atoms with Gasteiger partial charge in [-0.3, -0.25) is 0 Å². The number of benzene rings is 2. The number of hydrogen-bond acceptors (Lipinski definition) is 1. The van der Waals surface area contributed by atoms with Gasteiger partial charge in [0, 0.05) is 0 Å². The van der Waals surface area contributed by atoms with Crippen molar-refractivity contribution in [3.8, 4) is 0 Å². The van der Waals surface area contributed by atoms with E-state index in [-0.39, 0.29) is 15.2 Å². The first-order valence-electron chi connectivity index (χ1n) is 5.64. The Kier molecular flexibility index (Phi) is 6.01. The summed E-state index contributed by atoms with van der Waals surface area (Å²) in [6.45, 7) is 4.39. The van der Waals surface area contributed by atoms with E-state index in [1.807, 2.05) is 0 Å². The molecule has 2 aromatic carbocycles. The quantitative estimate of drug-likeness (QED) is 0.716. The van der Waals surface area contributed by atoms with Crippen molar-refractivity contribution in [2.75, 3.05) is 7.11 Å². The average molecular weight is 240 g/mol. The molecule has 2 rings (SSSR count). The Labute approximate surface area is 110 Å². The molecule has 0 spiro atoms. The molecule has 0 aliphatic heterocycles. The molecule has 0 unspecified atom stereocenters. The van der Waals surface area contributed by atoms with Gasteiger partial charge in [0.2, 0.25) is 0 Å². The van der Waals surface area contributed by atoms with Crippen LogP contribution in [0.2, 0.25) is 0 Å². The Hall–Kier alpha value is -1.07. The van der Waals surface area contributed by atoms with E-state index in [1.54, 1.807) is 0 Å². The molecular weight excluding hydrogens is 223 g/mol. The molecule has 1 nitrogen and oxygen atoms in total. The first-order valence-corrected chi connectivity index (χ1v) is 6.79. The van der Waals surface area contributed by atoms with E-state index in [1.165, 1.54) is 20.0 Å². The van der Waals surface area contributed by atoms with Crippen LogP contribution in [0, 0.1) is 13.8 Å². The molecule has 0 saturated heterocycles. The molecular formula is C15H17AlO. The van der Waals surface area contributed by atoms with Crippen LogP contribution < -0.4 is 14.0 Å². The second-order valence-electron chi connectivity index (χ2n) is 3.86. The molecule has 0 atom stereocenters. The Morgan fingerprint density at radius 3 is 1.41 bits per heavy atom. The molecule has 0 N–H and O–H groups in total. The maximum absolute atomic E-state index is 8.25. The zero-order chi connectivity index (χ0) is 12.7. The zero-order valence-corrected chi connectivity index (χ0v) is 11.8. The van der Waals surface area contributed by atoms with Gasteiger partial charge in [-0.1, -0.05) is 0 Å². The molecule has 2 heteroatoms. The molecule has 0 radical (unpaired) electrons. The molecule has 0 amide bonds. The van der Waals surface area contributed by atoms with E-state index in [0.29, 0.717) is 0 Å². The second kappa shape index (κ2) is 7.30. The summed E-state index contributed by atoms with van der Waals surface area (Å²) in [4.78, 5) is 0. The molecule has 0 saturated carbocycles. The first-order chi connectivity index (χ1) is 8.27. The molecule has 0 aromatic heterocycles. The standard InChI is InChI=1S/2C7H7.CH3O.Al/c2*1-7-5-3-2-4-6-7;1-2;/h2*2-5H,1H3;1H3;/q;;-1;+1. The number of aryl methyl sites for hydroxylation is 2. The van der Waals surface area contributed by atoms with Crippen molar-refractivity contribution in [2.24, 2.45) is 0 Å². The molecule has 0 fully saturated rings. The fourth-order valence-corrected chi connectivity index (χ4v) is 3.06. The Morgan fingerprint density at radius 2 is 1.06 bits per heavy atom. The summed E-state index contributed by atoms with van der Waals surface area (Å²) in [7, 11) is 0.750. The van der Waals surface area contributed by atoms with Gasteiger partial charge in [-0.2, -0.15) is 7.11 Å². The second-order valence-corrected chi connectivity index (χ2v) is 5.39. The molecule has 0 heterocycles. The predicted octanol–water partition coefficient (Wildman–Crippen LogP) is 0.935. The van der Waals surface area contributed by atoms with Crippen molar-refractivity contribution < 1.29 is 5.11 Å². The summed E-state index contributed by atoms with van der Waals surface area (Å²) in [6.07, 6.45) is 0. The third-order valence-corrected chi connectivity index (χ3v) is 4.61. The van der Waals surface area contributed by atoms with Crippen LogP contribution in [-0.2, 0) is 0 Å². The van der Waals surface area contributed by atoms with Crippen LogP contribution in [0.1, 0.15) is 11.1 Å². The van der Waals surface area contributed by atoms with E-state index < -0.39 is 0 Å². The van der Waals surface area contributed by atoms with Gasteiger partial charge in [-0.05, 0) is 0 Å². The third kappa shape index (κ3) is 4.02. The third-order valence-electron chi connectivity index (χ3n) is 2.69. The summed E-state index contributed by atoms with van der Waals surface area (Å²) < 4.78 is 3.01. The van der Waals surface area contributed by atoms with Crippen LogP contribution in [0.3, 0.4) is 0 Å². The fraction of sp³-hybridized carbons (Fsp3) is 0.200. The Bertz CT molecular complexity index is 422. The van der Waals surface area contributed by atoms with Gasteiger partial charge < -0.3 is 5.11 Å². The summed E-state index contributed by atoms with van der Waals surface area (Å²) in [6, 6.07) is 17.4. The average Bonchev–Trinajstić information content (AvgIpc) is 2.37. The first kappa shape index (κ1) is 14.0. The van der Waals surface area contributed by atoms with Crippen molar-refractivity contribution in [1.29, 1.82) is 0 Å². The van der Waals surface area contributed by atoms with Crippen molar-refractivity contribution in [2.45, 2.75) is 13.8 Å². The van der Waals surface area contributed by atoms with E-state index in [2.05, 4.69) is 62.4 Å². The van der Waals surface area contributed by atoms with E-state index in [4.69, 9.17) is 5.11 Å². The topological polar surface area (TPSA) is 23.1 Å². The summed E-state index contributed by atoms with van der Waals surface area (Å²) in [5.41, 5.74) is 2.83. The van der Waals surface area contributed by atoms with Gasteiger partial charge in [0.1, 0.15) is 0 Å². The Morgan fingerprint density at radius 1 is 0.706 bits per heavy atom. The van der Waals surface area contributed by atoms with E-state index in [9.17, 15) is 0 Å². The van der Waals surface area contributed by atoms with Gasteiger partial charge in [0.05, 0.1) is 0 Å². The van der Waals surface area contributed by atoms with Gasteiger partial charge in [0.15, 0.2) is 0 Å². The summed E-state index contributed by atoms with van der Waals surface area (Å²) in [5, 5.41) is 8.25. The monoisotopic (exact) mass is 240 g/mol. The maximum atomic E-state index is 8.25. The number of rotatable bonds is 2. The van der Waals surface area contributed by atoms with Gasteiger partial charge in [0.25, 0.3) is 0 Å². The van der Waals surface area contributed by atoms with Gasteiger partial charge in [-0.25, -0.2) is 0 Å². The van der Waals surface area contributed by atoms with Crippen LogP contribution in [0.25, 0.3) is 0 Å². The van der Waals surface area contributed by atoms with E-state index in [0.717, 1.165) is 7.11 Å². The molecule has 17 heavy (non-hydrogen) atoms. The summed E-state index contributed by atoms with van der Waals surface area (Å²) in [5.74, 6) is 0. The molecule has 2 aromatic rings. The fourth-order valence-electron chi connectivity index (χ4n) is 1.67. The zero-order valence-electron chi connectivity index (χ0n) is 10.6. The van der Waals surface area contributed by atoms with Crippen molar-refractivity contribution in [3.05, 3.63) is 59.7 Å². The van der Waals surface area contributed by atoms with Crippen LogP contribution in [0.5, 0.6) is 0 Å². The van der Waals surface area contributed by atoms with Crippen LogP contribution in [0.4, 0.5) is 0 Å². The van der Waals surface area contributed by atoms with Gasteiger partial charge in [-0.15, -0.1) is 0 Å². The van der Waals surface area contributed by atoms with Crippen LogP contribution in [-0.4, -0.2) is 22.3 Å². The van der Waals surface area contributed by atoms with Crippen molar-refractivity contribution >= 4 is 24.1 Å². The van der Waals surface area contributed by atoms with E-state index >= 15 is 0 Å². The minimum absolute atomic E-state index is 0.241. The van der Waals surface area contributed by atoms with Crippen molar-refractivity contribution in [3.63, 3.8) is 0 Å². The molecule has 0 aliphatic carbocycles. The minimum atomic E-state index is 0.241. The van der Waals surface area contributed by atoms with Crippen LogP contribution in [0.15, 0.2) is 48.5 Å². The van der Waals surface area contributed by atoms with Gasteiger partial charge >= 0.3 is 97.6 Å². The number of hydrogen-bond donors (Lipinski definition) is 0. The normalized spacial score (nSPS) is 8.94. The molecule has 0 bridgehead atoms. The SMILES string of the molecule is C[O-].Cc1cccc[c]1[Al+][c]1ccccc1C. The van der Waals surface area contributed by atoms with Crippen LogP contribution >= 0.6 is 0 Å². The van der Waals surface area contributed by atoms with Crippen molar-refractivity contribution in [1.82, 2.24) is 0 Å².